The van der Waals surface area contributed by atoms with Crippen LogP contribution in [0.25, 0.3) is 17.1 Å². The molecule has 0 atom stereocenters. The van der Waals surface area contributed by atoms with Gasteiger partial charge in [-0.15, -0.1) is 10.2 Å². The molecule has 176 valence electrons. The van der Waals surface area contributed by atoms with Crippen molar-refractivity contribution in [1.29, 1.82) is 0 Å². The summed E-state index contributed by atoms with van der Waals surface area (Å²) in [5, 5.41) is 14.6. The molecule has 2 aromatic carbocycles. The van der Waals surface area contributed by atoms with Gasteiger partial charge in [0.2, 0.25) is 12.7 Å². The monoisotopic (exact) mass is 479 g/mol. The molecule has 1 aliphatic carbocycles. The fourth-order valence-electron chi connectivity index (χ4n) is 4.16. The number of nitrogens with zero attached hydrogens (tertiary/aromatic N) is 3. The Morgan fingerprint density at radius 3 is 2.62 bits per heavy atom. The molecule has 5 rings (SSSR count). The summed E-state index contributed by atoms with van der Waals surface area (Å²) >= 11 is 1.22. The highest BCUT2D eigenvalue weighted by molar-refractivity contribution is 7.99. The molecule has 0 bridgehead atoms. The van der Waals surface area contributed by atoms with E-state index in [4.69, 9.17) is 9.47 Å². The Morgan fingerprint density at radius 1 is 1.00 bits per heavy atom. The van der Waals surface area contributed by atoms with Crippen LogP contribution in [0.5, 0.6) is 11.5 Å². The quantitative estimate of drug-likeness (QED) is 0.516. The average Bonchev–Trinajstić information content (AvgIpc) is 3.50. The number of hydrogen-bond donors (Lipinski definition) is 2. The first-order chi connectivity index (χ1) is 16.7. The fraction of sp³-hybridized carbons (Fsp3) is 0.333. The molecule has 0 unspecified atom stereocenters. The maximum atomic E-state index is 12.4. The zero-order chi connectivity index (χ0) is 23.3. The molecule has 2 aliphatic rings. The van der Waals surface area contributed by atoms with Gasteiger partial charge < -0.3 is 14.8 Å². The van der Waals surface area contributed by atoms with Crippen LogP contribution in [0, 0.1) is 0 Å². The predicted octanol–water partition coefficient (Wildman–Crippen LogP) is 3.91. The van der Waals surface area contributed by atoms with Crippen LogP contribution in [-0.4, -0.2) is 45.3 Å². The summed E-state index contributed by atoms with van der Waals surface area (Å²) in [5.74, 6) is 1.60. The van der Waals surface area contributed by atoms with Crippen LogP contribution >= 0.6 is 11.8 Å². The summed E-state index contributed by atoms with van der Waals surface area (Å²) in [7, 11) is 0. The molecule has 34 heavy (non-hydrogen) atoms. The van der Waals surface area contributed by atoms with Gasteiger partial charge in [-0.05, 0) is 43.2 Å². The van der Waals surface area contributed by atoms with Gasteiger partial charge in [-0.2, -0.15) is 0 Å². The van der Waals surface area contributed by atoms with Crippen LogP contribution in [0.1, 0.15) is 32.1 Å². The van der Waals surface area contributed by atoms with Crippen LogP contribution in [0.4, 0.5) is 4.79 Å². The van der Waals surface area contributed by atoms with Crippen LogP contribution in [-0.2, 0) is 4.79 Å². The van der Waals surface area contributed by atoms with Crippen molar-refractivity contribution in [2.24, 2.45) is 0 Å². The molecule has 0 radical (unpaired) electrons. The number of nitrogens with one attached hydrogen (secondary N) is 2. The Bertz CT molecular complexity index is 1180. The topological polar surface area (TPSA) is 107 Å². The standard InChI is InChI=1S/C24H25N5O4S/c30-21(26-23(31)25-17-7-3-1-4-8-17)14-34-24-28-27-22(29(24)18-9-5-2-6-10-18)16-11-12-19-20(13-16)33-15-32-19/h2,5-6,9-13,17H,1,3-4,7-8,14-15H2,(H2,25,26,30,31). The lowest BCUT2D eigenvalue weighted by atomic mass is 9.96. The van der Waals surface area contributed by atoms with Gasteiger partial charge in [0.05, 0.1) is 5.75 Å². The van der Waals surface area contributed by atoms with E-state index in [1.807, 2.05) is 53.1 Å². The molecule has 1 aromatic heterocycles. The lowest BCUT2D eigenvalue weighted by molar-refractivity contribution is -0.117. The SMILES string of the molecule is O=C(CSc1nnc(-c2ccc3c(c2)OCO3)n1-c1ccccc1)NC(=O)NC1CCCCC1. The summed E-state index contributed by atoms with van der Waals surface area (Å²) in [6, 6.07) is 15.0. The maximum absolute atomic E-state index is 12.4. The number of imide groups is 1. The highest BCUT2D eigenvalue weighted by Crippen LogP contribution is 2.37. The van der Waals surface area contributed by atoms with E-state index in [9.17, 15) is 9.59 Å². The zero-order valence-corrected chi connectivity index (χ0v) is 19.3. The molecular formula is C24H25N5O4S. The molecule has 1 fully saturated rings. The van der Waals surface area contributed by atoms with Crippen LogP contribution in [0.2, 0.25) is 0 Å². The first-order valence-electron chi connectivity index (χ1n) is 11.3. The summed E-state index contributed by atoms with van der Waals surface area (Å²) < 4.78 is 12.8. The predicted molar refractivity (Wildman–Crippen MR) is 127 cm³/mol. The molecule has 10 heteroatoms. The Balaban J connectivity index is 1.31. The average molecular weight is 480 g/mol. The minimum atomic E-state index is -0.442. The number of rotatable bonds is 6. The van der Waals surface area contributed by atoms with Crippen LogP contribution in [0.3, 0.4) is 0 Å². The Labute approximate surface area is 201 Å². The van der Waals surface area contributed by atoms with Crippen LogP contribution < -0.4 is 20.1 Å². The van der Waals surface area contributed by atoms with Crippen molar-refractivity contribution in [2.45, 2.75) is 43.3 Å². The first-order valence-corrected chi connectivity index (χ1v) is 12.3. The normalized spacial score (nSPS) is 15.2. The molecule has 1 aliphatic heterocycles. The lowest BCUT2D eigenvalue weighted by Crippen LogP contribution is -2.45. The van der Waals surface area contributed by atoms with Crippen molar-refractivity contribution in [3.05, 3.63) is 48.5 Å². The molecular weight excluding hydrogens is 454 g/mol. The molecule has 3 amide bonds. The highest BCUT2D eigenvalue weighted by Gasteiger charge is 2.21. The number of carbonyl (C=O) groups excluding carboxylic acids is 2. The van der Waals surface area contributed by atoms with E-state index in [0.29, 0.717) is 22.5 Å². The fourth-order valence-corrected chi connectivity index (χ4v) is 4.91. The van der Waals surface area contributed by atoms with Gasteiger partial charge in [0.25, 0.3) is 0 Å². The number of hydrogen-bond acceptors (Lipinski definition) is 7. The van der Waals surface area contributed by atoms with E-state index in [1.165, 1.54) is 18.2 Å². The van der Waals surface area contributed by atoms with E-state index in [0.717, 1.165) is 36.9 Å². The van der Waals surface area contributed by atoms with Crippen molar-refractivity contribution in [3.63, 3.8) is 0 Å². The minimum Gasteiger partial charge on any atom is -0.454 e. The second kappa shape index (κ2) is 10.2. The van der Waals surface area contributed by atoms with Crippen molar-refractivity contribution in [3.8, 4) is 28.6 Å². The molecule has 0 saturated heterocycles. The largest absolute Gasteiger partial charge is 0.454 e. The van der Waals surface area contributed by atoms with Gasteiger partial charge in [0.15, 0.2) is 22.5 Å². The molecule has 0 spiro atoms. The smallest absolute Gasteiger partial charge is 0.321 e. The number of ether oxygens (including phenoxy) is 2. The van der Waals surface area contributed by atoms with Crippen molar-refractivity contribution in [2.75, 3.05) is 12.5 Å². The highest BCUT2D eigenvalue weighted by atomic mass is 32.2. The number of para-hydroxylation sites is 1. The van der Waals surface area contributed by atoms with Crippen LogP contribution in [0.15, 0.2) is 53.7 Å². The van der Waals surface area contributed by atoms with Gasteiger partial charge in [-0.1, -0.05) is 49.2 Å². The number of carbonyl (C=O) groups is 2. The van der Waals surface area contributed by atoms with E-state index in [-0.39, 0.29) is 24.5 Å². The number of thioether (sulfide) groups is 1. The second-order valence-corrected chi connectivity index (χ2v) is 9.13. The summed E-state index contributed by atoms with van der Waals surface area (Å²) in [6.45, 7) is 0.189. The van der Waals surface area contributed by atoms with Gasteiger partial charge in [-0.25, -0.2) is 4.79 Å². The minimum absolute atomic E-state index is 0.0319. The van der Waals surface area contributed by atoms with Gasteiger partial charge in [-0.3, -0.25) is 14.7 Å². The molecule has 2 heterocycles. The number of benzene rings is 2. The molecule has 3 aromatic rings. The Morgan fingerprint density at radius 2 is 1.79 bits per heavy atom. The number of urea groups is 1. The van der Waals surface area contributed by atoms with E-state index >= 15 is 0 Å². The van der Waals surface area contributed by atoms with Gasteiger partial charge >= 0.3 is 6.03 Å². The Kier molecular flexibility index (Phi) is 6.66. The van der Waals surface area contributed by atoms with E-state index in [1.54, 1.807) is 0 Å². The van der Waals surface area contributed by atoms with Crippen molar-refractivity contribution < 1.29 is 19.1 Å². The first kappa shape index (κ1) is 22.3. The lowest BCUT2D eigenvalue weighted by Gasteiger charge is -2.22. The zero-order valence-electron chi connectivity index (χ0n) is 18.5. The molecule has 9 nitrogen and oxygen atoms in total. The number of fused-ring (bicyclic) bond motifs is 1. The third-order valence-corrected chi connectivity index (χ3v) is 6.73. The van der Waals surface area contributed by atoms with Crippen molar-refractivity contribution in [1.82, 2.24) is 25.4 Å². The summed E-state index contributed by atoms with van der Waals surface area (Å²) in [4.78, 5) is 24.6. The maximum Gasteiger partial charge on any atom is 0.321 e. The van der Waals surface area contributed by atoms with E-state index in [2.05, 4.69) is 20.8 Å². The summed E-state index contributed by atoms with van der Waals surface area (Å²) in [5.41, 5.74) is 1.67. The second-order valence-electron chi connectivity index (χ2n) is 8.19. The summed E-state index contributed by atoms with van der Waals surface area (Å²) in [6.07, 6.45) is 5.33. The van der Waals surface area contributed by atoms with Gasteiger partial charge in [0, 0.05) is 17.3 Å². The number of amides is 3. The van der Waals surface area contributed by atoms with E-state index < -0.39 is 6.03 Å². The molecule has 1 saturated carbocycles. The van der Waals surface area contributed by atoms with Crippen molar-refractivity contribution >= 4 is 23.7 Å². The van der Waals surface area contributed by atoms with Gasteiger partial charge in [0.1, 0.15) is 0 Å². The molecule has 2 N–H and O–H groups in total. The third-order valence-electron chi connectivity index (χ3n) is 5.80. The number of aromatic nitrogens is 3. The Hall–Kier alpha value is -3.53. The third kappa shape index (κ3) is 5.01.